The van der Waals surface area contributed by atoms with Crippen LogP contribution in [0.4, 0.5) is 13.2 Å². The van der Waals surface area contributed by atoms with Crippen molar-refractivity contribution in [2.24, 2.45) is 11.7 Å². The van der Waals surface area contributed by atoms with Gasteiger partial charge < -0.3 is 10.5 Å². The van der Waals surface area contributed by atoms with Crippen molar-refractivity contribution in [3.05, 3.63) is 29.8 Å². The molecule has 0 saturated heterocycles. The first kappa shape index (κ1) is 15.1. The molecule has 2 nitrogen and oxygen atoms in total. The standard InChI is InChI=1S/C12H14F3NO.ClH/c13-12(14,15)17-10-5-3-9(4-6-10)11(16)7-8-1-2-8;/h3-6,8,11H,1-2,7,16H2;1H/t11-;/m0./s1. The van der Waals surface area contributed by atoms with Gasteiger partial charge >= 0.3 is 6.36 Å². The Morgan fingerprint density at radius 1 is 1.22 bits per heavy atom. The van der Waals surface area contributed by atoms with Crippen LogP contribution in [0.2, 0.25) is 0 Å². The zero-order chi connectivity index (χ0) is 12.5. The van der Waals surface area contributed by atoms with Crippen LogP contribution in [0.3, 0.4) is 0 Å². The third-order valence-electron chi connectivity index (χ3n) is 2.83. The second-order valence-corrected chi connectivity index (χ2v) is 4.40. The minimum atomic E-state index is -4.64. The highest BCUT2D eigenvalue weighted by Gasteiger charge is 2.31. The van der Waals surface area contributed by atoms with E-state index in [9.17, 15) is 13.2 Å². The first-order chi connectivity index (χ1) is 7.94. The zero-order valence-electron chi connectivity index (χ0n) is 9.61. The van der Waals surface area contributed by atoms with Gasteiger partial charge in [-0.15, -0.1) is 25.6 Å². The summed E-state index contributed by atoms with van der Waals surface area (Å²) in [4.78, 5) is 0. The molecule has 0 aromatic heterocycles. The summed E-state index contributed by atoms with van der Waals surface area (Å²) in [5, 5.41) is 0. The number of alkyl halides is 3. The third kappa shape index (κ3) is 4.74. The SMILES string of the molecule is Cl.N[C@@H](CC1CC1)c1ccc(OC(F)(F)F)cc1. The van der Waals surface area contributed by atoms with Gasteiger partial charge in [0.1, 0.15) is 5.75 Å². The maximum atomic E-state index is 11.9. The summed E-state index contributed by atoms with van der Waals surface area (Å²) >= 11 is 0. The quantitative estimate of drug-likeness (QED) is 0.911. The van der Waals surface area contributed by atoms with Gasteiger partial charge in [0.15, 0.2) is 0 Å². The van der Waals surface area contributed by atoms with Gasteiger partial charge in [-0.05, 0) is 30.0 Å². The van der Waals surface area contributed by atoms with Crippen molar-refractivity contribution in [1.82, 2.24) is 0 Å². The molecule has 0 spiro atoms. The van der Waals surface area contributed by atoms with Gasteiger partial charge in [0, 0.05) is 6.04 Å². The highest BCUT2D eigenvalue weighted by Crippen LogP contribution is 2.37. The van der Waals surface area contributed by atoms with Crippen LogP contribution in [0.5, 0.6) is 5.75 Å². The summed E-state index contributed by atoms with van der Waals surface area (Å²) in [5.41, 5.74) is 6.80. The van der Waals surface area contributed by atoms with E-state index in [1.165, 1.54) is 25.0 Å². The van der Waals surface area contributed by atoms with Crippen LogP contribution in [0, 0.1) is 5.92 Å². The van der Waals surface area contributed by atoms with E-state index in [0.29, 0.717) is 5.92 Å². The van der Waals surface area contributed by atoms with E-state index in [-0.39, 0.29) is 24.2 Å². The normalized spacial score (nSPS) is 16.9. The maximum absolute atomic E-state index is 11.9. The fourth-order valence-electron chi connectivity index (χ4n) is 1.77. The monoisotopic (exact) mass is 281 g/mol. The van der Waals surface area contributed by atoms with Crippen molar-refractivity contribution in [1.29, 1.82) is 0 Å². The van der Waals surface area contributed by atoms with Crippen molar-refractivity contribution in [2.45, 2.75) is 31.7 Å². The van der Waals surface area contributed by atoms with Crippen molar-refractivity contribution < 1.29 is 17.9 Å². The topological polar surface area (TPSA) is 35.2 Å². The van der Waals surface area contributed by atoms with Crippen molar-refractivity contribution in [3.8, 4) is 5.75 Å². The molecule has 0 amide bonds. The molecule has 1 saturated carbocycles. The lowest BCUT2D eigenvalue weighted by Crippen LogP contribution is -2.17. The van der Waals surface area contributed by atoms with Gasteiger partial charge in [-0.3, -0.25) is 0 Å². The molecule has 1 aliphatic carbocycles. The Balaban J connectivity index is 0.00000162. The molecule has 2 rings (SSSR count). The molecule has 1 aromatic carbocycles. The molecule has 0 radical (unpaired) electrons. The van der Waals surface area contributed by atoms with Gasteiger partial charge in [0.05, 0.1) is 0 Å². The lowest BCUT2D eigenvalue weighted by molar-refractivity contribution is -0.274. The molecule has 1 fully saturated rings. The summed E-state index contributed by atoms with van der Waals surface area (Å²) in [6.45, 7) is 0. The van der Waals surface area contributed by atoms with E-state index in [1.54, 1.807) is 12.1 Å². The largest absolute Gasteiger partial charge is 0.573 e. The van der Waals surface area contributed by atoms with Crippen LogP contribution in [0.1, 0.15) is 30.9 Å². The Bertz CT molecular complexity index is 376. The first-order valence-corrected chi connectivity index (χ1v) is 5.55. The summed E-state index contributed by atoms with van der Waals surface area (Å²) in [5.74, 6) is 0.482. The molecule has 0 heterocycles. The summed E-state index contributed by atoms with van der Waals surface area (Å²) in [7, 11) is 0. The minimum absolute atomic E-state index is 0. The molecule has 1 aromatic rings. The van der Waals surface area contributed by atoms with Gasteiger partial charge in [-0.2, -0.15) is 0 Å². The molecule has 1 aliphatic rings. The lowest BCUT2D eigenvalue weighted by atomic mass is 10.0. The molecule has 6 heteroatoms. The van der Waals surface area contributed by atoms with E-state index in [1.807, 2.05) is 0 Å². The second kappa shape index (κ2) is 5.80. The molecule has 102 valence electrons. The van der Waals surface area contributed by atoms with Crippen LogP contribution in [-0.2, 0) is 0 Å². The molecular formula is C12H15ClF3NO. The number of benzene rings is 1. The minimum Gasteiger partial charge on any atom is -0.406 e. The van der Waals surface area contributed by atoms with Crippen LogP contribution < -0.4 is 10.5 Å². The van der Waals surface area contributed by atoms with Crippen molar-refractivity contribution in [2.75, 3.05) is 0 Å². The predicted octanol–water partition coefficient (Wildman–Crippen LogP) is 3.81. The summed E-state index contributed by atoms with van der Waals surface area (Å²) in [6, 6.07) is 5.69. The van der Waals surface area contributed by atoms with E-state index in [0.717, 1.165) is 12.0 Å². The molecule has 0 aliphatic heterocycles. The number of hydrogen-bond acceptors (Lipinski definition) is 2. The van der Waals surface area contributed by atoms with Crippen LogP contribution >= 0.6 is 12.4 Å². The Morgan fingerprint density at radius 2 is 1.78 bits per heavy atom. The number of ether oxygens (including phenoxy) is 1. The average molecular weight is 282 g/mol. The Labute approximate surface area is 110 Å². The van der Waals surface area contributed by atoms with Crippen LogP contribution in [0.15, 0.2) is 24.3 Å². The average Bonchev–Trinajstić information content (AvgIpc) is 3.00. The number of rotatable bonds is 4. The fraction of sp³-hybridized carbons (Fsp3) is 0.500. The summed E-state index contributed by atoms with van der Waals surface area (Å²) in [6.07, 6.45) is -1.32. The molecular weight excluding hydrogens is 267 g/mol. The highest BCUT2D eigenvalue weighted by molar-refractivity contribution is 5.85. The number of nitrogens with two attached hydrogens (primary N) is 1. The fourth-order valence-corrected chi connectivity index (χ4v) is 1.77. The van der Waals surface area contributed by atoms with Crippen LogP contribution in [0.25, 0.3) is 0 Å². The Kier molecular flexibility index (Phi) is 4.87. The highest BCUT2D eigenvalue weighted by atomic mass is 35.5. The molecule has 0 unspecified atom stereocenters. The number of halogens is 4. The molecule has 0 bridgehead atoms. The Hall–Kier alpha value is -0.940. The van der Waals surface area contributed by atoms with E-state index in [4.69, 9.17) is 5.73 Å². The third-order valence-corrected chi connectivity index (χ3v) is 2.83. The Morgan fingerprint density at radius 3 is 2.22 bits per heavy atom. The summed E-state index contributed by atoms with van der Waals surface area (Å²) < 4.78 is 39.6. The van der Waals surface area contributed by atoms with Gasteiger partial charge in [0.25, 0.3) is 0 Å². The van der Waals surface area contributed by atoms with Crippen molar-refractivity contribution >= 4 is 12.4 Å². The van der Waals surface area contributed by atoms with Crippen LogP contribution in [-0.4, -0.2) is 6.36 Å². The van der Waals surface area contributed by atoms with E-state index < -0.39 is 6.36 Å². The van der Waals surface area contributed by atoms with Gasteiger partial charge in [-0.1, -0.05) is 25.0 Å². The zero-order valence-corrected chi connectivity index (χ0v) is 10.4. The molecule has 18 heavy (non-hydrogen) atoms. The smallest absolute Gasteiger partial charge is 0.406 e. The first-order valence-electron chi connectivity index (χ1n) is 5.55. The van der Waals surface area contributed by atoms with Gasteiger partial charge in [0.2, 0.25) is 0 Å². The molecule has 1 atom stereocenters. The number of hydrogen-bond donors (Lipinski definition) is 1. The van der Waals surface area contributed by atoms with Crippen molar-refractivity contribution in [3.63, 3.8) is 0 Å². The maximum Gasteiger partial charge on any atom is 0.573 e. The van der Waals surface area contributed by atoms with Gasteiger partial charge in [-0.25, -0.2) is 0 Å². The lowest BCUT2D eigenvalue weighted by Gasteiger charge is -2.13. The van der Waals surface area contributed by atoms with E-state index in [2.05, 4.69) is 4.74 Å². The van der Waals surface area contributed by atoms with E-state index >= 15 is 0 Å². The predicted molar refractivity (Wildman–Crippen MR) is 64.6 cm³/mol. The molecule has 2 N–H and O–H groups in total. The second-order valence-electron chi connectivity index (χ2n) is 4.40.